The van der Waals surface area contributed by atoms with Crippen LogP contribution in [0.1, 0.15) is 37.7 Å². The highest BCUT2D eigenvalue weighted by molar-refractivity contribution is 7.98. The van der Waals surface area contributed by atoms with Crippen LogP contribution in [0.4, 0.5) is 0 Å². The van der Waals surface area contributed by atoms with Crippen molar-refractivity contribution in [1.82, 2.24) is 10.6 Å². The molecule has 0 aliphatic heterocycles. The van der Waals surface area contributed by atoms with Crippen LogP contribution in [0.25, 0.3) is 0 Å². The molecule has 0 spiro atoms. The van der Waals surface area contributed by atoms with E-state index in [0.717, 1.165) is 18.4 Å². The minimum atomic E-state index is -0.986. The summed E-state index contributed by atoms with van der Waals surface area (Å²) in [6.07, 6.45) is 5.90. The third-order valence-corrected chi connectivity index (χ3v) is 6.29. The Morgan fingerprint density at radius 1 is 1.16 bits per heavy atom. The lowest BCUT2D eigenvalue weighted by atomic mass is 9.81. The molecular formula is C22H34ClN3O4S. The second kappa shape index (κ2) is 14.3. The third kappa shape index (κ3) is 9.49. The summed E-state index contributed by atoms with van der Waals surface area (Å²) in [4.78, 5) is 36.0. The zero-order valence-electron chi connectivity index (χ0n) is 17.9. The van der Waals surface area contributed by atoms with E-state index in [1.54, 1.807) is 11.8 Å². The van der Waals surface area contributed by atoms with Gasteiger partial charge in [0.05, 0.1) is 6.04 Å². The summed E-state index contributed by atoms with van der Waals surface area (Å²) in [5.41, 5.74) is 7.05. The molecule has 9 heteroatoms. The number of aliphatic carboxylic acids is 1. The molecule has 0 unspecified atom stereocenters. The minimum Gasteiger partial charge on any atom is -0.480 e. The van der Waals surface area contributed by atoms with E-state index >= 15 is 0 Å². The molecule has 1 aromatic rings. The molecule has 31 heavy (non-hydrogen) atoms. The molecule has 0 saturated heterocycles. The number of nitrogens with two attached hydrogens (primary N) is 1. The molecule has 1 fully saturated rings. The van der Waals surface area contributed by atoms with Gasteiger partial charge in [-0.3, -0.25) is 9.59 Å². The van der Waals surface area contributed by atoms with Gasteiger partial charge in [-0.2, -0.15) is 11.8 Å². The van der Waals surface area contributed by atoms with Crippen LogP contribution in [0.2, 0.25) is 0 Å². The van der Waals surface area contributed by atoms with Gasteiger partial charge in [0.2, 0.25) is 11.8 Å². The molecule has 1 aromatic carbocycles. The Labute approximate surface area is 194 Å². The molecule has 0 heterocycles. The van der Waals surface area contributed by atoms with Crippen molar-refractivity contribution < 1.29 is 19.5 Å². The summed E-state index contributed by atoms with van der Waals surface area (Å²) >= 11 is 1.56. The number of carboxylic acids is 1. The zero-order chi connectivity index (χ0) is 21.9. The topological polar surface area (TPSA) is 122 Å². The van der Waals surface area contributed by atoms with Gasteiger partial charge in [0, 0.05) is 12.5 Å². The molecule has 2 rings (SSSR count). The Morgan fingerprint density at radius 2 is 1.81 bits per heavy atom. The van der Waals surface area contributed by atoms with Gasteiger partial charge in [-0.15, -0.1) is 12.4 Å². The summed E-state index contributed by atoms with van der Waals surface area (Å²) in [7, 11) is 0. The van der Waals surface area contributed by atoms with Gasteiger partial charge in [0.25, 0.3) is 0 Å². The van der Waals surface area contributed by atoms with Crippen LogP contribution in [-0.2, 0) is 20.8 Å². The normalized spacial score (nSPS) is 20.1. The molecule has 1 aliphatic carbocycles. The van der Waals surface area contributed by atoms with Crippen molar-refractivity contribution in [3.63, 3.8) is 0 Å². The number of carbonyl (C=O) groups is 3. The van der Waals surface area contributed by atoms with Crippen LogP contribution in [0.5, 0.6) is 0 Å². The Bertz CT molecular complexity index is 699. The number of hydrogen-bond donors (Lipinski definition) is 4. The van der Waals surface area contributed by atoms with Gasteiger partial charge < -0.3 is 21.5 Å². The monoisotopic (exact) mass is 471 g/mol. The third-order valence-electron chi connectivity index (χ3n) is 5.64. The Balaban J connectivity index is 0.00000480. The maximum absolute atomic E-state index is 12.4. The lowest BCUT2D eigenvalue weighted by Gasteiger charge is -2.29. The van der Waals surface area contributed by atoms with Crippen molar-refractivity contribution >= 4 is 42.0 Å². The van der Waals surface area contributed by atoms with Crippen LogP contribution in [0.3, 0.4) is 0 Å². The zero-order valence-corrected chi connectivity index (χ0v) is 19.6. The average Bonchev–Trinajstić information content (AvgIpc) is 2.75. The van der Waals surface area contributed by atoms with E-state index in [-0.39, 0.29) is 30.1 Å². The summed E-state index contributed by atoms with van der Waals surface area (Å²) in [6.45, 7) is 0.557. The summed E-state index contributed by atoms with van der Waals surface area (Å²) in [5, 5.41) is 14.9. The number of halogens is 1. The minimum absolute atomic E-state index is 0. The van der Waals surface area contributed by atoms with Crippen molar-refractivity contribution in [2.45, 2.75) is 50.6 Å². The first-order chi connectivity index (χ1) is 14.4. The quantitative estimate of drug-likeness (QED) is 0.392. The summed E-state index contributed by atoms with van der Waals surface area (Å²) in [5.74, 6) is -0.466. The van der Waals surface area contributed by atoms with Crippen molar-refractivity contribution in [2.24, 2.45) is 17.6 Å². The molecule has 5 N–H and O–H groups in total. The standard InChI is InChI=1S/C22H33N3O4S.ClH/c1-30-12-11-19(22(28)29)25-20(26)17-9-7-16(8-10-17)14-24-21(27)18(23)13-15-5-3-2-4-6-15;/h2-6,16-19H,7-14,23H2,1H3,(H,24,27)(H,25,26)(H,28,29);1H/t16?,17?,18-,19-;/m0./s1. The number of carbonyl (C=O) groups excluding carboxylic acids is 2. The van der Waals surface area contributed by atoms with Crippen molar-refractivity contribution in [1.29, 1.82) is 0 Å². The first-order valence-electron chi connectivity index (χ1n) is 10.5. The summed E-state index contributed by atoms with van der Waals surface area (Å²) < 4.78 is 0. The van der Waals surface area contributed by atoms with Crippen molar-refractivity contribution in [3.8, 4) is 0 Å². The molecule has 1 aliphatic rings. The van der Waals surface area contributed by atoms with E-state index in [4.69, 9.17) is 5.73 Å². The van der Waals surface area contributed by atoms with E-state index in [9.17, 15) is 19.5 Å². The first kappa shape index (κ1) is 27.3. The molecule has 174 valence electrons. The highest BCUT2D eigenvalue weighted by atomic mass is 35.5. The molecular weight excluding hydrogens is 438 g/mol. The van der Waals surface area contributed by atoms with Gasteiger partial charge in [-0.25, -0.2) is 4.79 Å². The Morgan fingerprint density at radius 3 is 2.39 bits per heavy atom. The number of amides is 2. The highest BCUT2D eigenvalue weighted by Crippen LogP contribution is 2.28. The number of benzene rings is 1. The molecule has 0 aromatic heterocycles. The Hall–Kier alpha value is -1.77. The van der Waals surface area contributed by atoms with Crippen LogP contribution < -0.4 is 16.4 Å². The van der Waals surface area contributed by atoms with Gasteiger partial charge in [-0.1, -0.05) is 30.3 Å². The van der Waals surface area contributed by atoms with Gasteiger partial charge in [0.1, 0.15) is 6.04 Å². The molecule has 2 atom stereocenters. The number of nitrogens with one attached hydrogen (secondary N) is 2. The largest absolute Gasteiger partial charge is 0.480 e. The molecule has 2 amide bonds. The van der Waals surface area contributed by atoms with E-state index < -0.39 is 18.1 Å². The van der Waals surface area contributed by atoms with E-state index in [2.05, 4.69) is 10.6 Å². The fourth-order valence-electron chi connectivity index (χ4n) is 3.75. The van der Waals surface area contributed by atoms with Crippen LogP contribution in [0.15, 0.2) is 30.3 Å². The number of hydrogen-bond acceptors (Lipinski definition) is 5. The molecule has 7 nitrogen and oxygen atoms in total. The van der Waals surface area contributed by atoms with Gasteiger partial charge in [0.15, 0.2) is 0 Å². The number of rotatable bonds is 11. The molecule has 0 bridgehead atoms. The fourth-order valence-corrected chi connectivity index (χ4v) is 4.22. The SMILES string of the molecule is CSCC[C@H](NC(=O)C1CCC(CNC(=O)[C@@H](N)Cc2ccccc2)CC1)C(=O)O.Cl. The van der Waals surface area contributed by atoms with E-state index in [1.807, 2.05) is 36.6 Å². The lowest BCUT2D eigenvalue weighted by Crippen LogP contribution is -2.46. The average molecular weight is 472 g/mol. The van der Waals surface area contributed by atoms with Crippen LogP contribution in [-0.4, -0.2) is 53.5 Å². The number of thioether (sulfide) groups is 1. The first-order valence-corrected chi connectivity index (χ1v) is 11.9. The predicted octanol–water partition coefficient (Wildman–Crippen LogP) is 2.22. The predicted molar refractivity (Wildman–Crippen MR) is 126 cm³/mol. The van der Waals surface area contributed by atoms with Crippen molar-refractivity contribution in [2.75, 3.05) is 18.6 Å². The van der Waals surface area contributed by atoms with Gasteiger partial charge in [-0.05, 0) is 62.0 Å². The second-order valence-corrected chi connectivity index (χ2v) is 8.93. The van der Waals surface area contributed by atoms with Crippen LogP contribution in [0, 0.1) is 11.8 Å². The van der Waals surface area contributed by atoms with Crippen LogP contribution >= 0.6 is 24.2 Å². The smallest absolute Gasteiger partial charge is 0.326 e. The van der Waals surface area contributed by atoms with Gasteiger partial charge >= 0.3 is 5.97 Å². The lowest BCUT2D eigenvalue weighted by molar-refractivity contribution is -0.142. The highest BCUT2D eigenvalue weighted by Gasteiger charge is 2.29. The van der Waals surface area contributed by atoms with Crippen molar-refractivity contribution in [3.05, 3.63) is 35.9 Å². The maximum atomic E-state index is 12.4. The maximum Gasteiger partial charge on any atom is 0.326 e. The number of carboxylic acid groups (broad SMARTS) is 1. The Kier molecular flexibility index (Phi) is 12.6. The molecule has 0 radical (unpaired) electrons. The fraction of sp³-hybridized carbons (Fsp3) is 0.591. The van der Waals surface area contributed by atoms with E-state index in [0.29, 0.717) is 43.9 Å². The molecule has 1 saturated carbocycles. The van der Waals surface area contributed by atoms with E-state index in [1.165, 1.54) is 0 Å². The second-order valence-electron chi connectivity index (χ2n) is 7.94. The summed E-state index contributed by atoms with van der Waals surface area (Å²) in [6, 6.07) is 8.28.